The second-order valence-electron chi connectivity index (χ2n) is 6.45. The number of hydrogen-bond donors (Lipinski definition) is 0. The average Bonchev–Trinajstić information content (AvgIpc) is 2.60. The Morgan fingerprint density at radius 2 is 1.75 bits per heavy atom. The standard InChI is InChI=1S/C19H27NO4/c1-4-23-19(22)15-7-11-17(12-8-15)24-13-18(21)20(3)16-9-5-14(2)6-10-16/h7-8,11-12,14,16H,4-6,9-10,13H2,1-3H3. The van der Waals surface area contributed by atoms with Crippen LogP contribution in [-0.4, -0.2) is 43.1 Å². The highest BCUT2D eigenvalue weighted by atomic mass is 16.5. The van der Waals surface area contributed by atoms with Gasteiger partial charge in [-0.1, -0.05) is 6.92 Å². The number of amides is 1. The monoisotopic (exact) mass is 333 g/mol. The van der Waals surface area contributed by atoms with E-state index in [1.54, 1.807) is 31.2 Å². The minimum absolute atomic E-state index is 0.0102. The average molecular weight is 333 g/mol. The molecule has 0 aromatic heterocycles. The molecule has 1 amide bonds. The summed E-state index contributed by atoms with van der Waals surface area (Å²) in [5.41, 5.74) is 0.476. The number of nitrogens with zero attached hydrogens (tertiary/aromatic N) is 1. The van der Waals surface area contributed by atoms with Crippen LogP contribution in [0.1, 0.15) is 49.9 Å². The van der Waals surface area contributed by atoms with E-state index in [0.717, 1.165) is 18.8 Å². The van der Waals surface area contributed by atoms with Crippen molar-refractivity contribution in [2.75, 3.05) is 20.3 Å². The summed E-state index contributed by atoms with van der Waals surface area (Å²) in [6, 6.07) is 6.97. The molecule has 1 saturated carbocycles. The molecule has 132 valence electrons. The molecule has 0 N–H and O–H groups in total. The molecule has 0 saturated heterocycles. The molecular formula is C19H27NO4. The van der Waals surface area contributed by atoms with E-state index in [1.807, 2.05) is 11.9 Å². The Morgan fingerprint density at radius 3 is 2.33 bits per heavy atom. The summed E-state index contributed by atoms with van der Waals surface area (Å²) in [6.45, 7) is 4.39. The number of carbonyl (C=O) groups is 2. The van der Waals surface area contributed by atoms with Crippen LogP contribution in [0.5, 0.6) is 5.75 Å². The molecule has 0 bridgehead atoms. The number of hydrogen-bond acceptors (Lipinski definition) is 4. The number of rotatable bonds is 6. The van der Waals surface area contributed by atoms with Crippen molar-refractivity contribution in [3.63, 3.8) is 0 Å². The quantitative estimate of drug-likeness (QED) is 0.750. The van der Waals surface area contributed by atoms with Crippen LogP contribution in [0.4, 0.5) is 0 Å². The van der Waals surface area contributed by atoms with Crippen molar-refractivity contribution in [2.45, 2.75) is 45.6 Å². The van der Waals surface area contributed by atoms with Crippen molar-refractivity contribution in [1.82, 2.24) is 4.90 Å². The van der Waals surface area contributed by atoms with Crippen molar-refractivity contribution in [3.8, 4) is 5.75 Å². The lowest BCUT2D eigenvalue weighted by Crippen LogP contribution is -2.41. The SMILES string of the molecule is CCOC(=O)c1ccc(OCC(=O)N(C)C2CCC(C)CC2)cc1. The van der Waals surface area contributed by atoms with Crippen LogP contribution in [-0.2, 0) is 9.53 Å². The fraction of sp³-hybridized carbons (Fsp3) is 0.579. The number of ether oxygens (including phenoxy) is 2. The lowest BCUT2D eigenvalue weighted by atomic mass is 9.87. The first-order valence-corrected chi connectivity index (χ1v) is 8.67. The lowest BCUT2D eigenvalue weighted by molar-refractivity contribution is -0.134. The Kier molecular flexibility index (Phi) is 6.64. The van der Waals surface area contributed by atoms with Crippen molar-refractivity contribution >= 4 is 11.9 Å². The molecule has 5 heteroatoms. The van der Waals surface area contributed by atoms with Gasteiger partial charge in [0.2, 0.25) is 0 Å². The molecule has 1 fully saturated rings. The second-order valence-corrected chi connectivity index (χ2v) is 6.45. The van der Waals surface area contributed by atoms with E-state index in [1.165, 1.54) is 12.8 Å². The molecule has 0 heterocycles. The molecule has 1 aliphatic carbocycles. The molecule has 1 aliphatic rings. The van der Waals surface area contributed by atoms with Gasteiger partial charge in [0.25, 0.3) is 5.91 Å². The maximum absolute atomic E-state index is 12.3. The predicted molar refractivity (Wildman–Crippen MR) is 92.1 cm³/mol. The maximum atomic E-state index is 12.3. The minimum atomic E-state index is -0.355. The summed E-state index contributed by atoms with van der Waals surface area (Å²) in [5, 5.41) is 0. The van der Waals surface area contributed by atoms with Crippen molar-refractivity contribution in [2.24, 2.45) is 5.92 Å². The van der Waals surface area contributed by atoms with E-state index in [0.29, 0.717) is 24.0 Å². The first-order valence-electron chi connectivity index (χ1n) is 8.67. The third kappa shape index (κ3) is 4.98. The zero-order valence-corrected chi connectivity index (χ0v) is 14.8. The molecule has 0 unspecified atom stereocenters. The summed E-state index contributed by atoms with van der Waals surface area (Å²) in [4.78, 5) is 25.7. The van der Waals surface area contributed by atoms with Crippen molar-refractivity contribution in [1.29, 1.82) is 0 Å². The molecule has 0 spiro atoms. The molecule has 1 aromatic carbocycles. The number of carbonyl (C=O) groups excluding carboxylic acids is 2. The van der Waals surface area contributed by atoms with Gasteiger partial charge in [-0.2, -0.15) is 0 Å². The summed E-state index contributed by atoms with van der Waals surface area (Å²) < 4.78 is 10.5. The van der Waals surface area contributed by atoms with E-state index >= 15 is 0 Å². The summed E-state index contributed by atoms with van der Waals surface area (Å²) in [6.07, 6.45) is 4.49. The third-order valence-electron chi connectivity index (χ3n) is 4.65. The van der Waals surface area contributed by atoms with Gasteiger partial charge in [0.05, 0.1) is 12.2 Å². The fourth-order valence-electron chi connectivity index (χ4n) is 2.98. The van der Waals surface area contributed by atoms with E-state index in [4.69, 9.17) is 9.47 Å². The molecule has 0 radical (unpaired) electrons. The molecule has 2 rings (SSSR count). The number of likely N-dealkylation sites (N-methyl/N-ethyl adjacent to an activating group) is 1. The molecular weight excluding hydrogens is 306 g/mol. The van der Waals surface area contributed by atoms with E-state index in [9.17, 15) is 9.59 Å². The van der Waals surface area contributed by atoms with Gasteiger partial charge in [0, 0.05) is 13.1 Å². The Balaban J connectivity index is 1.81. The van der Waals surface area contributed by atoms with Gasteiger partial charge in [-0.25, -0.2) is 4.79 Å². The third-order valence-corrected chi connectivity index (χ3v) is 4.65. The van der Waals surface area contributed by atoms with Crippen LogP contribution in [0.2, 0.25) is 0 Å². The first kappa shape index (κ1) is 18.3. The molecule has 5 nitrogen and oxygen atoms in total. The summed E-state index contributed by atoms with van der Waals surface area (Å²) in [5.74, 6) is 0.969. The van der Waals surface area contributed by atoms with E-state index in [-0.39, 0.29) is 18.5 Å². The van der Waals surface area contributed by atoms with E-state index < -0.39 is 0 Å². The van der Waals surface area contributed by atoms with Gasteiger partial charge in [-0.05, 0) is 62.8 Å². The van der Waals surface area contributed by atoms with Gasteiger partial charge in [-0.3, -0.25) is 4.79 Å². The highest BCUT2D eigenvalue weighted by Gasteiger charge is 2.24. The van der Waals surface area contributed by atoms with Crippen LogP contribution in [0, 0.1) is 5.92 Å². The van der Waals surface area contributed by atoms with Crippen molar-refractivity contribution in [3.05, 3.63) is 29.8 Å². The van der Waals surface area contributed by atoms with Crippen LogP contribution in [0.3, 0.4) is 0 Å². The van der Waals surface area contributed by atoms with Gasteiger partial charge in [-0.15, -0.1) is 0 Å². The first-order chi connectivity index (χ1) is 11.5. The van der Waals surface area contributed by atoms with Gasteiger partial charge in [0.15, 0.2) is 6.61 Å². The van der Waals surface area contributed by atoms with Gasteiger partial charge in [0.1, 0.15) is 5.75 Å². The van der Waals surface area contributed by atoms with Crippen molar-refractivity contribution < 1.29 is 19.1 Å². The van der Waals surface area contributed by atoms with Crippen LogP contribution >= 0.6 is 0 Å². The van der Waals surface area contributed by atoms with Gasteiger partial charge < -0.3 is 14.4 Å². The Hall–Kier alpha value is -2.04. The van der Waals surface area contributed by atoms with Crippen LogP contribution in [0.15, 0.2) is 24.3 Å². The highest BCUT2D eigenvalue weighted by molar-refractivity contribution is 5.89. The zero-order chi connectivity index (χ0) is 17.5. The zero-order valence-electron chi connectivity index (χ0n) is 14.8. The number of benzene rings is 1. The Morgan fingerprint density at radius 1 is 1.12 bits per heavy atom. The topological polar surface area (TPSA) is 55.8 Å². The summed E-state index contributed by atoms with van der Waals surface area (Å²) in [7, 11) is 1.86. The van der Waals surface area contributed by atoms with Gasteiger partial charge >= 0.3 is 5.97 Å². The normalized spacial score (nSPS) is 20.3. The molecule has 0 atom stereocenters. The lowest BCUT2D eigenvalue weighted by Gasteiger charge is -2.33. The number of esters is 1. The smallest absolute Gasteiger partial charge is 0.338 e. The van der Waals surface area contributed by atoms with Crippen LogP contribution < -0.4 is 4.74 Å². The predicted octanol–water partition coefficient (Wildman–Crippen LogP) is 3.28. The maximum Gasteiger partial charge on any atom is 0.338 e. The second kappa shape index (κ2) is 8.71. The van der Waals surface area contributed by atoms with Crippen LogP contribution in [0.25, 0.3) is 0 Å². The highest BCUT2D eigenvalue weighted by Crippen LogP contribution is 2.26. The summed E-state index contributed by atoms with van der Waals surface area (Å²) >= 11 is 0. The Bertz CT molecular complexity index is 547. The Labute approximate surface area is 143 Å². The molecule has 0 aliphatic heterocycles. The minimum Gasteiger partial charge on any atom is -0.484 e. The molecule has 1 aromatic rings. The largest absolute Gasteiger partial charge is 0.484 e. The fourth-order valence-corrected chi connectivity index (χ4v) is 2.98. The van der Waals surface area contributed by atoms with E-state index in [2.05, 4.69) is 6.92 Å². The molecule has 24 heavy (non-hydrogen) atoms.